The molecular formula is C18H19FN2O4. The zero-order valence-electron chi connectivity index (χ0n) is 14.0. The summed E-state index contributed by atoms with van der Waals surface area (Å²) < 4.78 is 23.7. The van der Waals surface area contributed by atoms with Crippen LogP contribution in [0.3, 0.4) is 0 Å². The molecule has 0 bridgehead atoms. The van der Waals surface area contributed by atoms with Gasteiger partial charge in [0.25, 0.3) is 11.8 Å². The van der Waals surface area contributed by atoms with E-state index < -0.39 is 24.2 Å². The fraction of sp³-hybridized carbons (Fsp3) is 0.222. The predicted molar refractivity (Wildman–Crippen MR) is 89.6 cm³/mol. The number of amides is 2. The van der Waals surface area contributed by atoms with Gasteiger partial charge in [-0.2, -0.15) is 0 Å². The summed E-state index contributed by atoms with van der Waals surface area (Å²) in [6, 6.07) is 11.3. The van der Waals surface area contributed by atoms with Crippen molar-refractivity contribution in [3.05, 3.63) is 59.4 Å². The lowest BCUT2D eigenvalue weighted by atomic mass is 10.1. The number of benzene rings is 2. The molecule has 0 unspecified atom stereocenters. The molecule has 132 valence electrons. The third-order valence-corrected chi connectivity index (χ3v) is 3.10. The largest absolute Gasteiger partial charge is 0.484 e. The third kappa shape index (κ3) is 6.14. The molecule has 0 radical (unpaired) electrons. The van der Waals surface area contributed by atoms with Gasteiger partial charge in [0.05, 0.1) is 0 Å². The van der Waals surface area contributed by atoms with Crippen molar-refractivity contribution in [1.82, 2.24) is 10.9 Å². The second-order valence-corrected chi connectivity index (χ2v) is 5.43. The van der Waals surface area contributed by atoms with Crippen LogP contribution in [0.1, 0.15) is 11.1 Å². The van der Waals surface area contributed by atoms with Gasteiger partial charge in [0.1, 0.15) is 5.75 Å². The molecule has 2 aromatic carbocycles. The molecule has 0 saturated carbocycles. The summed E-state index contributed by atoms with van der Waals surface area (Å²) in [6.45, 7) is 3.17. The Morgan fingerprint density at radius 3 is 2.08 bits per heavy atom. The van der Waals surface area contributed by atoms with E-state index >= 15 is 0 Å². The first kappa shape index (κ1) is 18.3. The van der Waals surface area contributed by atoms with Crippen molar-refractivity contribution in [1.29, 1.82) is 0 Å². The molecule has 0 saturated heterocycles. The minimum Gasteiger partial charge on any atom is -0.484 e. The van der Waals surface area contributed by atoms with Crippen molar-refractivity contribution >= 4 is 11.8 Å². The Kier molecular flexibility index (Phi) is 6.33. The van der Waals surface area contributed by atoms with Crippen LogP contribution in [-0.2, 0) is 9.59 Å². The van der Waals surface area contributed by atoms with E-state index in [0.29, 0.717) is 5.75 Å². The molecule has 0 atom stereocenters. The first-order chi connectivity index (χ1) is 11.9. The van der Waals surface area contributed by atoms with Gasteiger partial charge in [-0.15, -0.1) is 0 Å². The van der Waals surface area contributed by atoms with E-state index in [9.17, 15) is 14.0 Å². The Balaban J connectivity index is 1.70. The smallest absolute Gasteiger partial charge is 0.276 e. The number of hydrazine groups is 1. The first-order valence-electron chi connectivity index (χ1n) is 7.60. The number of ether oxygens (including phenoxy) is 2. The van der Waals surface area contributed by atoms with E-state index in [2.05, 4.69) is 10.9 Å². The van der Waals surface area contributed by atoms with Crippen LogP contribution < -0.4 is 20.3 Å². The van der Waals surface area contributed by atoms with Crippen LogP contribution in [0.2, 0.25) is 0 Å². The Hall–Kier alpha value is -3.09. The summed E-state index contributed by atoms with van der Waals surface area (Å²) in [7, 11) is 0. The monoisotopic (exact) mass is 346 g/mol. The maximum Gasteiger partial charge on any atom is 0.276 e. The van der Waals surface area contributed by atoms with Crippen LogP contribution in [0.5, 0.6) is 11.5 Å². The summed E-state index contributed by atoms with van der Waals surface area (Å²) in [5, 5.41) is 0. The molecule has 2 rings (SSSR count). The van der Waals surface area contributed by atoms with Crippen molar-refractivity contribution in [3.8, 4) is 11.5 Å². The number of aryl methyl sites for hydroxylation is 2. The maximum absolute atomic E-state index is 13.3. The van der Waals surface area contributed by atoms with Crippen molar-refractivity contribution in [2.75, 3.05) is 13.2 Å². The second kappa shape index (κ2) is 8.68. The van der Waals surface area contributed by atoms with Gasteiger partial charge < -0.3 is 9.47 Å². The van der Waals surface area contributed by atoms with Crippen LogP contribution >= 0.6 is 0 Å². The van der Waals surface area contributed by atoms with Crippen LogP contribution in [0.4, 0.5) is 4.39 Å². The normalized spacial score (nSPS) is 10.0. The Labute approximate surface area is 144 Å². The Morgan fingerprint density at radius 2 is 1.48 bits per heavy atom. The number of carbonyl (C=O) groups excluding carboxylic acids is 2. The summed E-state index contributed by atoms with van der Waals surface area (Å²) in [5.74, 6) is -1.19. The number of halogens is 1. The summed E-state index contributed by atoms with van der Waals surface area (Å²) in [6.07, 6.45) is 0. The highest BCUT2D eigenvalue weighted by atomic mass is 19.1. The molecule has 25 heavy (non-hydrogen) atoms. The highest BCUT2D eigenvalue weighted by Gasteiger charge is 2.08. The molecule has 0 fully saturated rings. The molecule has 7 heteroatoms. The average molecular weight is 346 g/mol. The van der Waals surface area contributed by atoms with E-state index in [1.807, 2.05) is 19.9 Å². The molecule has 0 spiro atoms. The highest BCUT2D eigenvalue weighted by molar-refractivity contribution is 5.83. The Bertz CT molecular complexity index is 744. The second-order valence-electron chi connectivity index (χ2n) is 5.43. The van der Waals surface area contributed by atoms with E-state index in [1.54, 1.807) is 18.2 Å². The molecule has 2 amide bonds. The predicted octanol–water partition coefficient (Wildman–Crippen LogP) is 2.05. The molecule has 0 aromatic heterocycles. The lowest BCUT2D eigenvalue weighted by Crippen LogP contribution is -2.45. The van der Waals surface area contributed by atoms with Gasteiger partial charge in [0, 0.05) is 0 Å². The van der Waals surface area contributed by atoms with Crippen LogP contribution in [0, 0.1) is 19.7 Å². The van der Waals surface area contributed by atoms with Crippen molar-refractivity contribution in [2.24, 2.45) is 0 Å². The third-order valence-electron chi connectivity index (χ3n) is 3.10. The van der Waals surface area contributed by atoms with Gasteiger partial charge in [-0.3, -0.25) is 20.4 Å². The standard InChI is InChI=1S/C18H19FN2O4/c1-12-7-13(2)9-14(8-12)24-10-17(22)20-21-18(23)11-25-16-6-4-3-5-15(16)19/h3-9H,10-11H2,1-2H3,(H,20,22)(H,21,23). The number of hydrogen-bond acceptors (Lipinski definition) is 4. The fourth-order valence-corrected chi connectivity index (χ4v) is 2.08. The molecule has 0 aliphatic rings. The highest BCUT2D eigenvalue weighted by Crippen LogP contribution is 2.16. The molecule has 2 aromatic rings. The number of para-hydroxylation sites is 1. The van der Waals surface area contributed by atoms with Gasteiger partial charge in [-0.1, -0.05) is 18.2 Å². The quantitative estimate of drug-likeness (QED) is 0.785. The van der Waals surface area contributed by atoms with Crippen molar-refractivity contribution in [3.63, 3.8) is 0 Å². The van der Waals surface area contributed by atoms with Crippen LogP contribution in [-0.4, -0.2) is 25.0 Å². The topological polar surface area (TPSA) is 76.7 Å². The van der Waals surface area contributed by atoms with Crippen molar-refractivity contribution < 1.29 is 23.5 Å². The van der Waals surface area contributed by atoms with Gasteiger partial charge in [-0.25, -0.2) is 4.39 Å². The van der Waals surface area contributed by atoms with E-state index in [0.717, 1.165) is 11.1 Å². The summed E-state index contributed by atoms with van der Waals surface area (Å²) in [4.78, 5) is 23.2. The number of hydrogen-bond donors (Lipinski definition) is 2. The van der Waals surface area contributed by atoms with Gasteiger partial charge in [0.2, 0.25) is 0 Å². The molecule has 0 aliphatic heterocycles. The number of rotatable bonds is 6. The summed E-state index contributed by atoms with van der Waals surface area (Å²) >= 11 is 0. The maximum atomic E-state index is 13.3. The summed E-state index contributed by atoms with van der Waals surface area (Å²) in [5.41, 5.74) is 6.41. The minimum absolute atomic E-state index is 0.0397. The molecule has 6 nitrogen and oxygen atoms in total. The minimum atomic E-state index is -0.622. The van der Waals surface area contributed by atoms with Crippen molar-refractivity contribution in [2.45, 2.75) is 13.8 Å². The van der Waals surface area contributed by atoms with Gasteiger partial charge in [0.15, 0.2) is 24.8 Å². The lowest BCUT2D eigenvalue weighted by Gasteiger charge is -2.10. The molecule has 0 aliphatic carbocycles. The van der Waals surface area contributed by atoms with Crippen LogP contribution in [0.25, 0.3) is 0 Å². The van der Waals surface area contributed by atoms with E-state index in [1.165, 1.54) is 18.2 Å². The van der Waals surface area contributed by atoms with Gasteiger partial charge >= 0.3 is 0 Å². The zero-order valence-corrected chi connectivity index (χ0v) is 14.0. The average Bonchev–Trinajstić information content (AvgIpc) is 2.56. The van der Waals surface area contributed by atoms with E-state index in [4.69, 9.17) is 9.47 Å². The molecule has 0 heterocycles. The number of carbonyl (C=O) groups is 2. The SMILES string of the molecule is Cc1cc(C)cc(OCC(=O)NNC(=O)COc2ccccc2F)c1. The van der Waals surface area contributed by atoms with E-state index in [-0.39, 0.29) is 12.4 Å². The zero-order chi connectivity index (χ0) is 18.2. The van der Waals surface area contributed by atoms with Crippen LogP contribution in [0.15, 0.2) is 42.5 Å². The van der Waals surface area contributed by atoms with Gasteiger partial charge in [-0.05, 0) is 49.2 Å². The lowest BCUT2D eigenvalue weighted by molar-refractivity contribution is -0.131. The fourth-order valence-electron chi connectivity index (χ4n) is 2.08. The Morgan fingerprint density at radius 1 is 0.920 bits per heavy atom. The first-order valence-corrected chi connectivity index (χ1v) is 7.60. The number of nitrogens with one attached hydrogen (secondary N) is 2. The molecule has 2 N–H and O–H groups in total. The molecular weight excluding hydrogens is 327 g/mol.